The Morgan fingerprint density at radius 3 is 2.88 bits per heavy atom. The molecule has 2 saturated heterocycles. The van der Waals surface area contributed by atoms with Gasteiger partial charge in [0.15, 0.2) is 6.04 Å². The van der Waals surface area contributed by atoms with Crippen LogP contribution in [0, 0.1) is 0 Å². The minimum atomic E-state index is -0.994. The van der Waals surface area contributed by atoms with Crippen LogP contribution in [0.2, 0.25) is 0 Å². The minimum absolute atomic E-state index is 0.0911. The molecule has 6 heteroatoms. The van der Waals surface area contributed by atoms with E-state index in [1.165, 1.54) is 4.90 Å². The number of nitrogens with one attached hydrogen (secondary N) is 1. The van der Waals surface area contributed by atoms with E-state index in [4.69, 9.17) is 9.84 Å². The second-order valence-corrected chi connectivity index (χ2v) is 4.11. The SMILES string of the molecule is O=C(O)C1COCCN1C(=O)[C@H]1CCCN1. The van der Waals surface area contributed by atoms with E-state index >= 15 is 0 Å². The van der Waals surface area contributed by atoms with E-state index in [0.29, 0.717) is 13.2 Å². The number of carboxylic acid groups (broad SMARTS) is 1. The van der Waals surface area contributed by atoms with Crippen LogP contribution < -0.4 is 5.32 Å². The van der Waals surface area contributed by atoms with Crippen LogP contribution >= 0.6 is 0 Å². The maximum Gasteiger partial charge on any atom is 0.328 e. The molecule has 0 aromatic rings. The number of carbonyl (C=O) groups is 2. The molecule has 0 aromatic carbocycles. The molecule has 0 spiro atoms. The van der Waals surface area contributed by atoms with Crippen LogP contribution in [0.25, 0.3) is 0 Å². The molecular weight excluding hydrogens is 212 g/mol. The Labute approximate surface area is 93.6 Å². The van der Waals surface area contributed by atoms with E-state index < -0.39 is 12.0 Å². The van der Waals surface area contributed by atoms with Gasteiger partial charge in [-0.25, -0.2) is 4.79 Å². The Balaban J connectivity index is 2.04. The largest absolute Gasteiger partial charge is 0.480 e. The van der Waals surface area contributed by atoms with E-state index in [0.717, 1.165) is 19.4 Å². The number of carboxylic acids is 1. The summed E-state index contributed by atoms with van der Waals surface area (Å²) in [7, 11) is 0. The summed E-state index contributed by atoms with van der Waals surface area (Å²) in [6, 6.07) is -1.04. The number of hydrogen-bond acceptors (Lipinski definition) is 4. The zero-order valence-electron chi connectivity index (χ0n) is 9.02. The van der Waals surface area contributed by atoms with Gasteiger partial charge in [-0.1, -0.05) is 0 Å². The first-order chi connectivity index (χ1) is 7.70. The third-order valence-electron chi connectivity index (χ3n) is 3.06. The van der Waals surface area contributed by atoms with Gasteiger partial charge in [0.25, 0.3) is 0 Å². The van der Waals surface area contributed by atoms with Crippen LogP contribution in [-0.4, -0.2) is 60.3 Å². The third kappa shape index (κ3) is 2.17. The van der Waals surface area contributed by atoms with Crippen molar-refractivity contribution in [2.24, 2.45) is 0 Å². The smallest absolute Gasteiger partial charge is 0.328 e. The molecule has 2 heterocycles. The zero-order chi connectivity index (χ0) is 11.5. The van der Waals surface area contributed by atoms with Crippen molar-refractivity contribution in [1.29, 1.82) is 0 Å². The van der Waals surface area contributed by atoms with Crippen molar-refractivity contribution in [3.05, 3.63) is 0 Å². The highest BCUT2D eigenvalue weighted by atomic mass is 16.5. The van der Waals surface area contributed by atoms with Gasteiger partial charge in [-0.3, -0.25) is 4.79 Å². The van der Waals surface area contributed by atoms with Gasteiger partial charge in [0.2, 0.25) is 5.91 Å². The van der Waals surface area contributed by atoms with Gasteiger partial charge in [-0.2, -0.15) is 0 Å². The zero-order valence-corrected chi connectivity index (χ0v) is 9.02. The van der Waals surface area contributed by atoms with E-state index in [1.807, 2.05) is 0 Å². The van der Waals surface area contributed by atoms with Crippen molar-refractivity contribution in [3.8, 4) is 0 Å². The average molecular weight is 228 g/mol. The lowest BCUT2D eigenvalue weighted by molar-refractivity contribution is -0.159. The summed E-state index contributed by atoms with van der Waals surface area (Å²) < 4.78 is 5.09. The van der Waals surface area contributed by atoms with Crippen molar-refractivity contribution >= 4 is 11.9 Å². The predicted molar refractivity (Wildman–Crippen MR) is 55.0 cm³/mol. The fraction of sp³-hybridized carbons (Fsp3) is 0.800. The Morgan fingerprint density at radius 1 is 1.44 bits per heavy atom. The monoisotopic (exact) mass is 228 g/mol. The topological polar surface area (TPSA) is 78.9 Å². The standard InChI is InChI=1S/C10H16N2O4/c13-9(7-2-1-3-11-7)12-4-5-16-6-8(12)10(14)15/h7-8,11H,1-6H2,(H,14,15)/t7-,8?/m1/s1. The molecule has 16 heavy (non-hydrogen) atoms. The van der Waals surface area contributed by atoms with E-state index in [9.17, 15) is 9.59 Å². The molecule has 6 nitrogen and oxygen atoms in total. The molecule has 2 aliphatic heterocycles. The Kier molecular flexibility index (Phi) is 3.40. The number of amides is 1. The maximum absolute atomic E-state index is 12.1. The summed E-state index contributed by atoms with van der Waals surface area (Å²) >= 11 is 0. The maximum atomic E-state index is 12.1. The summed E-state index contributed by atoms with van der Waals surface area (Å²) in [5.41, 5.74) is 0. The molecule has 2 aliphatic rings. The summed E-state index contributed by atoms with van der Waals surface area (Å²) in [5, 5.41) is 12.1. The molecule has 0 radical (unpaired) electrons. The summed E-state index contributed by atoms with van der Waals surface area (Å²) in [5.74, 6) is -1.10. The minimum Gasteiger partial charge on any atom is -0.480 e. The van der Waals surface area contributed by atoms with Gasteiger partial charge in [-0.15, -0.1) is 0 Å². The predicted octanol–water partition coefficient (Wildman–Crippen LogP) is -0.950. The molecule has 0 bridgehead atoms. The summed E-state index contributed by atoms with van der Waals surface area (Å²) in [6.45, 7) is 1.71. The first-order valence-electron chi connectivity index (χ1n) is 5.54. The van der Waals surface area contributed by atoms with Crippen LogP contribution in [0.5, 0.6) is 0 Å². The average Bonchev–Trinajstić information content (AvgIpc) is 2.81. The highest BCUT2D eigenvalue weighted by molar-refractivity contribution is 5.87. The van der Waals surface area contributed by atoms with Gasteiger partial charge < -0.3 is 20.1 Å². The fourth-order valence-electron chi connectivity index (χ4n) is 2.17. The van der Waals surface area contributed by atoms with E-state index in [1.54, 1.807) is 0 Å². The Bertz CT molecular complexity index is 289. The van der Waals surface area contributed by atoms with Crippen molar-refractivity contribution in [3.63, 3.8) is 0 Å². The number of hydrogen-bond donors (Lipinski definition) is 2. The first-order valence-corrected chi connectivity index (χ1v) is 5.54. The molecule has 90 valence electrons. The van der Waals surface area contributed by atoms with Crippen molar-refractivity contribution in [2.75, 3.05) is 26.3 Å². The molecule has 2 fully saturated rings. The van der Waals surface area contributed by atoms with Gasteiger partial charge in [-0.05, 0) is 19.4 Å². The van der Waals surface area contributed by atoms with E-state index in [2.05, 4.69) is 5.32 Å². The first kappa shape index (κ1) is 11.3. The quantitative estimate of drug-likeness (QED) is 0.637. The second-order valence-electron chi connectivity index (χ2n) is 4.11. The van der Waals surface area contributed by atoms with Gasteiger partial charge in [0, 0.05) is 6.54 Å². The normalized spacial score (nSPS) is 30.4. The van der Waals surface area contributed by atoms with Crippen LogP contribution in [0.4, 0.5) is 0 Å². The van der Waals surface area contributed by atoms with Crippen LogP contribution in [0.1, 0.15) is 12.8 Å². The van der Waals surface area contributed by atoms with Crippen LogP contribution in [0.15, 0.2) is 0 Å². The number of morpholine rings is 1. The highest BCUT2D eigenvalue weighted by Gasteiger charge is 2.36. The van der Waals surface area contributed by atoms with Crippen LogP contribution in [0.3, 0.4) is 0 Å². The lowest BCUT2D eigenvalue weighted by Crippen LogP contribution is -2.56. The number of rotatable bonds is 2. The molecule has 2 rings (SSSR count). The molecular formula is C10H16N2O4. The molecule has 1 amide bonds. The second kappa shape index (κ2) is 4.80. The molecule has 2 atom stereocenters. The van der Waals surface area contributed by atoms with Gasteiger partial charge in [0.1, 0.15) is 0 Å². The number of ether oxygens (including phenoxy) is 1. The lowest BCUT2D eigenvalue weighted by atomic mass is 10.1. The van der Waals surface area contributed by atoms with Crippen molar-refractivity contribution in [1.82, 2.24) is 10.2 Å². The van der Waals surface area contributed by atoms with Gasteiger partial charge in [0.05, 0.1) is 19.3 Å². The number of nitrogens with zero attached hydrogens (tertiary/aromatic N) is 1. The van der Waals surface area contributed by atoms with E-state index in [-0.39, 0.29) is 18.6 Å². The fourth-order valence-corrected chi connectivity index (χ4v) is 2.17. The molecule has 0 aromatic heterocycles. The molecule has 1 unspecified atom stereocenters. The number of aliphatic carboxylic acids is 1. The summed E-state index contributed by atoms with van der Waals surface area (Å²) in [6.07, 6.45) is 1.76. The third-order valence-corrected chi connectivity index (χ3v) is 3.06. The Hall–Kier alpha value is -1.14. The Morgan fingerprint density at radius 2 is 2.25 bits per heavy atom. The van der Waals surface area contributed by atoms with Gasteiger partial charge >= 0.3 is 5.97 Å². The lowest BCUT2D eigenvalue weighted by Gasteiger charge is -2.34. The molecule has 0 saturated carbocycles. The summed E-state index contributed by atoms with van der Waals surface area (Å²) in [4.78, 5) is 24.5. The molecule has 2 N–H and O–H groups in total. The van der Waals surface area contributed by atoms with Crippen molar-refractivity contribution in [2.45, 2.75) is 24.9 Å². The highest BCUT2D eigenvalue weighted by Crippen LogP contribution is 2.14. The van der Waals surface area contributed by atoms with Crippen LogP contribution in [-0.2, 0) is 14.3 Å². The molecule has 0 aliphatic carbocycles. The van der Waals surface area contributed by atoms with Crippen molar-refractivity contribution < 1.29 is 19.4 Å². The number of carbonyl (C=O) groups excluding carboxylic acids is 1.